The van der Waals surface area contributed by atoms with E-state index in [1.54, 1.807) is 13.3 Å². The molecule has 1 aromatic rings. The number of hydrogen-bond donors (Lipinski definition) is 0. The van der Waals surface area contributed by atoms with Crippen LogP contribution in [0.2, 0.25) is 0 Å². The summed E-state index contributed by atoms with van der Waals surface area (Å²) in [4.78, 5) is 19.5. The standard InChI is InChI=1S/C19H28N2O4/c1-5-24-17-10-9-16(11-18(17)23-4)12-20-25-13-19(22)21-14(2)7-6-8-15(21)3/h9-12,14-15H,5-8,13H2,1-4H3/b20-12-/t14-,15-/m1/s1. The van der Waals surface area contributed by atoms with Crippen molar-refractivity contribution in [3.63, 3.8) is 0 Å². The lowest BCUT2D eigenvalue weighted by Crippen LogP contribution is -2.48. The Morgan fingerprint density at radius 2 is 2.00 bits per heavy atom. The number of amides is 1. The van der Waals surface area contributed by atoms with Crippen LogP contribution in [0.3, 0.4) is 0 Å². The Labute approximate surface area is 149 Å². The number of hydrogen-bond acceptors (Lipinski definition) is 5. The van der Waals surface area contributed by atoms with Crippen LogP contribution in [0.5, 0.6) is 11.5 Å². The lowest BCUT2D eigenvalue weighted by atomic mass is 9.97. The summed E-state index contributed by atoms with van der Waals surface area (Å²) < 4.78 is 10.8. The second-order valence-corrected chi connectivity index (χ2v) is 6.28. The van der Waals surface area contributed by atoms with E-state index in [-0.39, 0.29) is 24.6 Å². The SMILES string of the molecule is CCOc1ccc(/C=N\OCC(=O)N2[C@H](C)CCC[C@H]2C)cc1OC. The average molecular weight is 348 g/mol. The van der Waals surface area contributed by atoms with Crippen molar-refractivity contribution in [3.8, 4) is 11.5 Å². The summed E-state index contributed by atoms with van der Waals surface area (Å²) in [5.74, 6) is 1.31. The van der Waals surface area contributed by atoms with E-state index >= 15 is 0 Å². The normalized spacial score (nSPS) is 20.6. The molecule has 0 aromatic heterocycles. The molecule has 1 aliphatic rings. The summed E-state index contributed by atoms with van der Waals surface area (Å²) in [5.41, 5.74) is 0.812. The van der Waals surface area contributed by atoms with Crippen molar-refractivity contribution < 1.29 is 19.1 Å². The van der Waals surface area contributed by atoms with E-state index in [9.17, 15) is 4.79 Å². The lowest BCUT2D eigenvalue weighted by Gasteiger charge is -2.38. The molecule has 1 aromatic carbocycles. The van der Waals surface area contributed by atoms with Crippen molar-refractivity contribution in [3.05, 3.63) is 23.8 Å². The first kappa shape index (κ1) is 19.1. The molecule has 0 unspecified atom stereocenters. The molecule has 2 atom stereocenters. The van der Waals surface area contributed by atoms with Gasteiger partial charge in [-0.3, -0.25) is 4.79 Å². The molecule has 0 spiro atoms. The van der Waals surface area contributed by atoms with Crippen LogP contribution in [0.15, 0.2) is 23.4 Å². The van der Waals surface area contributed by atoms with Gasteiger partial charge in [-0.1, -0.05) is 5.16 Å². The van der Waals surface area contributed by atoms with Gasteiger partial charge in [0.05, 0.1) is 19.9 Å². The molecule has 1 fully saturated rings. The van der Waals surface area contributed by atoms with E-state index in [0.29, 0.717) is 18.1 Å². The number of nitrogens with zero attached hydrogens (tertiary/aromatic N) is 2. The lowest BCUT2D eigenvalue weighted by molar-refractivity contribution is -0.142. The zero-order valence-electron chi connectivity index (χ0n) is 15.5. The summed E-state index contributed by atoms with van der Waals surface area (Å²) in [6.45, 7) is 6.62. The molecular weight excluding hydrogens is 320 g/mol. The molecule has 1 saturated heterocycles. The number of carbonyl (C=O) groups is 1. The van der Waals surface area contributed by atoms with E-state index in [2.05, 4.69) is 19.0 Å². The van der Waals surface area contributed by atoms with Crippen molar-refractivity contribution in [2.24, 2.45) is 5.16 Å². The number of carbonyl (C=O) groups excluding carboxylic acids is 1. The monoisotopic (exact) mass is 348 g/mol. The summed E-state index contributed by atoms with van der Waals surface area (Å²) in [6.07, 6.45) is 4.83. The molecule has 0 aliphatic carbocycles. The Morgan fingerprint density at radius 1 is 1.28 bits per heavy atom. The van der Waals surface area contributed by atoms with Gasteiger partial charge < -0.3 is 19.2 Å². The molecule has 1 amide bonds. The van der Waals surface area contributed by atoms with Gasteiger partial charge in [0, 0.05) is 17.6 Å². The molecule has 6 nitrogen and oxygen atoms in total. The van der Waals surface area contributed by atoms with Gasteiger partial charge in [-0.15, -0.1) is 0 Å². The minimum absolute atomic E-state index is 0.0128. The molecule has 2 rings (SSSR count). The smallest absolute Gasteiger partial charge is 0.263 e. The van der Waals surface area contributed by atoms with Gasteiger partial charge in [-0.2, -0.15) is 0 Å². The van der Waals surface area contributed by atoms with Crippen LogP contribution in [0.25, 0.3) is 0 Å². The highest BCUT2D eigenvalue weighted by Crippen LogP contribution is 2.27. The fourth-order valence-corrected chi connectivity index (χ4v) is 3.22. The zero-order valence-corrected chi connectivity index (χ0v) is 15.5. The van der Waals surface area contributed by atoms with Crippen molar-refractivity contribution in [2.45, 2.75) is 52.1 Å². The number of oxime groups is 1. The van der Waals surface area contributed by atoms with E-state index in [1.165, 1.54) is 6.42 Å². The van der Waals surface area contributed by atoms with Crippen LogP contribution < -0.4 is 9.47 Å². The third kappa shape index (κ3) is 5.11. The Kier molecular flexibility index (Phi) is 7.10. The zero-order chi connectivity index (χ0) is 18.2. The van der Waals surface area contributed by atoms with Crippen LogP contribution in [0.1, 0.15) is 45.6 Å². The Bertz CT molecular complexity index is 593. The minimum atomic E-state index is -0.0423. The number of ether oxygens (including phenoxy) is 2. The topological polar surface area (TPSA) is 60.4 Å². The molecule has 6 heteroatoms. The maximum Gasteiger partial charge on any atom is 0.263 e. The summed E-state index contributed by atoms with van der Waals surface area (Å²) in [5, 5.41) is 3.91. The third-order valence-electron chi connectivity index (χ3n) is 4.43. The number of methoxy groups -OCH3 is 1. The van der Waals surface area contributed by atoms with Gasteiger partial charge in [-0.25, -0.2) is 0 Å². The molecule has 1 heterocycles. The maximum atomic E-state index is 12.3. The Balaban J connectivity index is 1.89. The van der Waals surface area contributed by atoms with Crippen molar-refractivity contribution in [2.75, 3.05) is 20.3 Å². The molecule has 25 heavy (non-hydrogen) atoms. The third-order valence-corrected chi connectivity index (χ3v) is 4.43. The quantitative estimate of drug-likeness (QED) is 0.561. The number of piperidine rings is 1. The number of benzene rings is 1. The van der Waals surface area contributed by atoms with Gasteiger partial charge in [0.1, 0.15) is 0 Å². The van der Waals surface area contributed by atoms with Crippen molar-refractivity contribution in [1.82, 2.24) is 4.90 Å². The largest absolute Gasteiger partial charge is 0.493 e. The van der Waals surface area contributed by atoms with Gasteiger partial charge in [0.2, 0.25) is 0 Å². The Hall–Kier alpha value is -2.24. The first-order chi connectivity index (χ1) is 12.1. The van der Waals surface area contributed by atoms with E-state index in [0.717, 1.165) is 18.4 Å². The van der Waals surface area contributed by atoms with Crippen LogP contribution in [-0.4, -0.2) is 49.4 Å². The fourth-order valence-electron chi connectivity index (χ4n) is 3.22. The van der Waals surface area contributed by atoms with Crippen molar-refractivity contribution >= 4 is 12.1 Å². The van der Waals surface area contributed by atoms with Crippen molar-refractivity contribution in [1.29, 1.82) is 0 Å². The average Bonchev–Trinajstić information content (AvgIpc) is 2.59. The van der Waals surface area contributed by atoms with Gasteiger partial charge in [0.15, 0.2) is 18.1 Å². The minimum Gasteiger partial charge on any atom is -0.493 e. The highest BCUT2D eigenvalue weighted by atomic mass is 16.6. The molecule has 0 N–H and O–H groups in total. The van der Waals surface area contributed by atoms with E-state index in [4.69, 9.17) is 14.3 Å². The summed E-state index contributed by atoms with van der Waals surface area (Å²) in [6, 6.07) is 6.02. The highest BCUT2D eigenvalue weighted by Gasteiger charge is 2.28. The van der Waals surface area contributed by atoms with Crippen LogP contribution in [0.4, 0.5) is 0 Å². The van der Waals surface area contributed by atoms with Gasteiger partial charge in [0.25, 0.3) is 5.91 Å². The van der Waals surface area contributed by atoms with E-state index in [1.807, 2.05) is 30.0 Å². The Morgan fingerprint density at radius 3 is 2.64 bits per heavy atom. The summed E-state index contributed by atoms with van der Waals surface area (Å²) in [7, 11) is 1.59. The summed E-state index contributed by atoms with van der Waals surface area (Å²) >= 11 is 0. The molecule has 0 bridgehead atoms. The van der Waals surface area contributed by atoms with Gasteiger partial charge in [-0.05, 0) is 58.2 Å². The second-order valence-electron chi connectivity index (χ2n) is 6.28. The van der Waals surface area contributed by atoms with Crippen LogP contribution in [0, 0.1) is 0 Å². The molecule has 0 saturated carbocycles. The fraction of sp³-hybridized carbons (Fsp3) is 0.579. The maximum absolute atomic E-state index is 12.3. The molecular formula is C19H28N2O4. The first-order valence-electron chi connectivity index (χ1n) is 8.84. The van der Waals surface area contributed by atoms with Gasteiger partial charge >= 0.3 is 0 Å². The predicted molar refractivity (Wildman–Crippen MR) is 97.3 cm³/mol. The van der Waals surface area contributed by atoms with Crippen LogP contribution in [-0.2, 0) is 9.63 Å². The number of likely N-dealkylation sites (tertiary alicyclic amines) is 1. The molecule has 1 aliphatic heterocycles. The highest BCUT2D eigenvalue weighted by molar-refractivity contribution is 5.81. The predicted octanol–water partition coefficient (Wildman–Crippen LogP) is 3.23. The molecule has 138 valence electrons. The number of rotatable bonds is 7. The van der Waals surface area contributed by atoms with Crippen LogP contribution >= 0.6 is 0 Å². The second kappa shape index (κ2) is 9.30. The molecule has 0 radical (unpaired) electrons. The van der Waals surface area contributed by atoms with E-state index < -0.39 is 0 Å². The first-order valence-corrected chi connectivity index (χ1v) is 8.84.